The molecule has 1 atom stereocenters. The van der Waals surface area contributed by atoms with Crippen LogP contribution < -0.4 is 5.32 Å². The predicted octanol–water partition coefficient (Wildman–Crippen LogP) is 1.56. The molecule has 0 amide bonds. The number of hydrogen-bond acceptors (Lipinski definition) is 2. The van der Waals surface area contributed by atoms with Crippen LogP contribution in [0.25, 0.3) is 0 Å². The second kappa shape index (κ2) is 4.28. The minimum absolute atomic E-state index is 0.316. The number of rotatable bonds is 2. The van der Waals surface area contributed by atoms with Crippen molar-refractivity contribution in [3.05, 3.63) is 24.3 Å². The van der Waals surface area contributed by atoms with Crippen LogP contribution in [0.1, 0.15) is 19.8 Å². The van der Waals surface area contributed by atoms with Crippen LogP contribution in [0.3, 0.4) is 0 Å². The highest BCUT2D eigenvalue weighted by molar-refractivity contribution is 5.21. The molecule has 78 valence electrons. The Morgan fingerprint density at radius 3 is 2.64 bits per heavy atom. The molecule has 14 heavy (non-hydrogen) atoms. The molecule has 1 unspecified atom stereocenters. The molecule has 1 N–H and O–H groups in total. The Bertz CT molecular complexity index is 239. The zero-order valence-electron chi connectivity index (χ0n) is 9.00. The highest BCUT2D eigenvalue weighted by Gasteiger charge is 2.32. The minimum Gasteiger partial charge on any atom is -0.314 e. The first-order chi connectivity index (χ1) is 6.87. The van der Waals surface area contributed by atoms with Crippen LogP contribution in [0.4, 0.5) is 0 Å². The Kier molecular flexibility index (Phi) is 3.04. The van der Waals surface area contributed by atoms with Crippen molar-refractivity contribution in [2.45, 2.75) is 25.3 Å². The van der Waals surface area contributed by atoms with Gasteiger partial charge in [0, 0.05) is 31.7 Å². The van der Waals surface area contributed by atoms with Gasteiger partial charge < -0.3 is 5.32 Å². The molecule has 0 aromatic rings. The van der Waals surface area contributed by atoms with Crippen LogP contribution >= 0.6 is 0 Å². The van der Waals surface area contributed by atoms with E-state index in [2.05, 4.69) is 41.4 Å². The number of allylic oxidation sites excluding steroid dienone is 2. The fourth-order valence-electron chi connectivity index (χ4n) is 2.48. The Morgan fingerprint density at radius 1 is 1.29 bits per heavy atom. The topological polar surface area (TPSA) is 15.3 Å². The molecule has 1 heterocycles. The third-order valence-corrected chi connectivity index (χ3v) is 3.48. The van der Waals surface area contributed by atoms with Gasteiger partial charge >= 0.3 is 0 Å². The molecular formula is C12H20N2. The van der Waals surface area contributed by atoms with Crippen LogP contribution in [0.15, 0.2) is 24.3 Å². The summed E-state index contributed by atoms with van der Waals surface area (Å²) in [4.78, 5) is 2.63. The Labute approximate surface area is 86.7 Å². The molecule has 0 saturated carbocycles. The Hall–Kier alpha value is -0.600. The van der Waals surface area contributed by atoms with E-state index in [1.807, 2.05) is 0 Å². The van der Waals surface area contributed by atoms with Crippen LogP contribution in [0.5, 0.6) is 0 Å². The van der Waals surface area contributed by atoms with E-state index in [4.69, 9.17) is 0 Å². The maximum absolute atomic E-state index is 3.41. The monoisotopic (exact) mass is 192 g/mol. The van der Waals surface area contributed by atoms with Crippen molar-refractivity contribution in [3.63, 3.8) is 0 Å². The molecule has 1 fully saturated rings. The Balaban J connectivity index is 2.10. The van der Waals surface area contributed by atoms with E-state index >= 15 is 0 Å². The molecule has 2 heteroatoms. The third kappa shape index (κ3) is 1.77. The van der Waals surface area contributed by atoms with Gasteiger partial charge in [-0.3, -0.25) is 4.90 Å². The molecule has 2 rings (SSSR count). The molecule has 1 aliphatic carbocycles. The maximum Gasteiger partial charge on any atom is 0.0427 e. The fraction of sp³-hybridized carbons (Fsp3) is 0.667. The standard InChI is InChI=1S/C12H20N2/c1-2-12(6-4-3-5-7-12)14-10-8-13-9-11-14/h3-6,13H,2,7-11H2,1H3. The summed E-state index contributed by atoms with van der Waals surface area (Å²) in [5, 5.41) is 3.41. The van der Waals surface area contributed by atoms with E-state index < -0.39 is 0 Å². The highest BCUT2D eigenvalue weighted by Crippen LogP contribution is 2.29. The minimum atomic E-state index is 0.316. The average molecular weight is 192 g/mol. The molecular weight excluding hydrogens is 172 g/mol. The summed E-state index contributed by atoms with van der Waals surface area (Å²) in [6.45, 7) is 6.95. The second-order valence-corrected chi connectivity index (χ2v) is 4.19. The molecule has 0 aromatic carbocycles. The van der Waals surface area contributed by atoms with Gasteiger partial charge in [-0.1, -0.05) is 31.2 Å². The first kappa shape index (κ1) is 9.94. The van der Waals surface area contributed by atoms with Crippen LogP contribution in [-0.4, -0.2) is 36.6 Å². The molecule has 0 aromatic heterocycles. The van der Waals surface area contributed by atoms with E-state index in [0.29, 0.717) is 5.54 Å². The van der Waals surface area contributed by atoms with Gasteiger partial charge in [-0.25, -0.2) is 0 Å². The summed E-state index contributed by atoms with van der Waals surface area (Å²) >= 11 is 0. The van der Waals surface area contributed by atoms with E-state index in [9.17, 15) is 0 Å². The average Bonchev–Trinajstić information content (AvgIpc) is 2.31. The zero-order valence-corrected chi connectivity index (χ0v) is 9.00. The normalized spacial score (nSPS) is 33.5. The smallest absolute Gasteiger partial charge is 0.0427 e. The zero-order chi connectivity index (χ0) is 9.86. The molecule has 2 aliphatic rings. The van der Waals surface area contributed by atoms with Gasteiger partial charge in [0.25, 0.3) is 0 Å². The summed E-state index contributed by atoms with van der Waals surface area (Å²) in [5.41, 5.74) is 0.316. The van der Waals surface area contributed by atoms with Crippen molar-refractivity contribution in [1.29, 1.82) is 0 Å². The van der Waals surface area contributed by atoms with Gasteiger partial charge in [0.1, 0.15) is 0 Å². The maximum atomic E-state index is 3.41. The lowest BCUT2D eigenvalue weighted by atomic mass is 9.86. The highest BCUT2D eigenvalue weighted by atomic mass is 15.2. The third-order valence-electron chi connectivity index (χ3n) is 3.48. The SMILES string of the molecule is CCC1(N2CCNCC2)C=CC=CC1. The summed E-state index contributed by atoms with van der Waals surface area (Å²) < 4.78 is 0. The Morgan fingerprint density at radius 2 is 2.07 bits per heavy atom. The molecule has 1 saturated heterocycles. The van der Waals surface area contributed by atoms with Gasteiger partial charge in [-0.05, 0) is 12.8 Å². The summed E-state index contributed by atoms with van der Waals surface area (Å²) in [6, 6.07) is 0. The van der Waals surface area contributed by atoms with E-state index in [1.165, 1.54) is 25.9 Å². The summed E-state index contributed by atoms with van der Waals surface area (Å²) in [7, 11) is 0. The van der Waals surface area contributed by atoms with Crippen molar-refractivity contribution >= 4 is 0 Å². The number of nitrogens with zero attached hydrogens (tertiary/aromatic N) is 1. The van der Waals surface area contributed by atoms with Gasteiger partial charge in [0.15, 0.2) is 0 Å². The van der Waals surface area contributed by atoms with Crippen molar-refractivity contribution in [1.82, 2.24) is 10.2 Å². The van der Waals surface area contributed by atoms with Crippen molar-refractivity contribution in [3.8, 4) is 0 Å². The van der Waals surface area contributed by atoms with Crippen LogP contribution in [0, 0.1) is 0 Å². The van der Waals surface area contributed by atoms with E-state index in [-0.39, 0.29) is 0 Å². The van der Waals surface area contributed by atoms with Crippen molar-refractivity contribution in [2.24, 2.45) is 0 Å². The van der Waals surface area contributed by atoms with E-state index in [1.54, 1.807) is 0 Å². The molecule has 0 radical (unpaired) electrons. The summed E-state index contributed by atoms with van der Waals surface area (Å²) in [5.74, 6) is 0. The number of piperazine rings is 1. The van der Waals surface area contributed by atoms with Crippen molar-refractivity contribution in [2.75, 3.05) is 26.2 Å². The van der Waals surface area contributed by atoms with Gasteiger partial charge in [-0.15, -0.1) is 0 Å². The van der Waals surface area contributed by atoms with Crippen LogP contribution in [0.2, 0.25) is 0 Å². The van der Waals surface area contributed by atoms with Gasteiger partial charge in [0.2, 0.25) is 0 Å². The second-order valence-electron chi connectivity index (χ2n) is 4.19. The number of hydrogen-bond donors (Lipinski definition) is 1. The molecule has 2 nitrogen and oxygen atoms in total. The lowest BCUT2D eigenvalue weighted by molar-refractivity contribution is 0.109. The lowest BCUT2D eigenvalue weighted by Gasteiger charge is -2.44. The molecule has 0 bridgehead atoms. The first-order valence-corrected chi connectivity index (χ1v) is 5.67. The first-order valence-electron chi connectivity index (χ1n) is 5.67. The lowest BCUT2D eigenvalue weighted by Crippen LogP contribution is -2.55. The van der Waals surface area contributed by atoms with Gasteiger partial charge in [0.05, 0.1) is 0 Å². The summed E-state index contributed by atoms with van der Waals surface area (Å²) in [6.07, 6.45) is 11.4. The van der Waals surface area contributed by atoms with E-state index in [0.717, 1.165) is 13.1 Å². The fourth-order valence-corrected chi connectivity index (χ4v) is 2.48. The molecule has 0 spiro atoms. The molecule has 1 aliphatic heterocycles. The quantitative estimate of drug-likeness (QED) is 0.714. The largest absolute Gasteiger partial charge is 0.314 e. The number of nitrogens with one attached hydrogen (secondary N) is 1. The van der Waals surface area contributed by atoms with Crippen LogP contribution in [-0.2, 0) is 0 Å². The predicted molar refractivity (Wildman–Crippen MR) is 60.4 cm³/mol. The van der Waals surface area contributed by atoms with Crippen molar-refractivity contribution < 1.29 is 0 Å². The van der Waals surface area contributed by atoms with Gasteiger partial charge in [-0.2, -0.15) is 0 Å².